The van der Waals surface area contributed by atoms with Crippen molar-refractivity contribution in [1.29, 1.82) is 0 Å². The Kier molecular flexibility index (Phi) is 2.21. The van der Waals surface area contributed by atoms with E-state index >= 15 is 0 Å². The number of nitrogens with two attached hydrogens (primary N) is 1. The van der Waals surface area contributed by atoms with Crippen LogP contribution < -0.4 is 5.73 Å². The van der Waals surface area contributed by atoms with Crippen molar-refractivity contribution in [2.24, 2.45) is 0 Å². The van der Waals surface area contributed by atoms with Crippen LogP contribution in [0.2, 0.25) is 0 Å². The maximum atomic E-state index is 11.3. The summed E-state index contributed by atoms with van der Waals surface area (Å²) >= 11 is 0. The molecule has 76 valence electrons. The number of nitrogens with zero attached hydrogens (tertiary/aromatic N) is 2. The van der Waals surface area contributed by atoms with Crippen LogP contribution in [0.15, 0.2) is 24.3 Å². The Bertz CT molecular complexity index is 525. The topological polar surface area (TPSA) is 78.1 Å². The molecule has 1 heterocycles. The summed E-state index contributed by atoms with van der Waals surface area (Å²) in [5.74, 6) is -0.494. The van der Waals surface area contributed by atoms with E-state index in [0.29, 0.717) is 11.0 Å². The van der Waals surface area contributed by atoms with Gasteiger partial charge in [0, 0.05) is 0 Å². The van der Waals surface area contributed by atoms with E-state index in [4.69, 9.17) is 5.73 Å². The Morgan fingerprint density at radius 3 is 2.47 bits per heavy atom. The Labute approximate surface area is 85.9 Å². The Morgan fingerprint density at radius 2 is 1.87 bits per heavy atom. The summed E-state index contributed by atoms with van der Waals surface area (Å²) in [6.45, 7) is 0. The molecule has 0 amide bonds. The number of nitrogen functional groups attached to an aromatic ring is 1. The minimum Gasteiger partial charge on any atom is -0.464 e. The van der Waals surface area contributed by atoms with Gasteiger partial charge >= 0.3 is 5.97 Å². The lowest BCUT2D eigenvalue weighted by Gasteiger charge is -2.03. The molecule has 1 aromatic heterocycles. The van der Waals surface area contributed by atoms with Crippen LogP contribution in [0.4, 0.5) is 5.82 Å². The predicted octanol–water partition coefficient (Wildman–Crippen LogP) is 0.999. The molecule has 0 aliphatic carbocycles. The number of methoxy groups -OCH3 is 1. The summed E-state index contributed by atoms with van der Waals surface area (Å²) in [5.41, 5.74) is 6.91. The fourth-order valence-corrected chi connectivity index (χ4v) is 1.26. The molecular formula is C10H9N3O2. The first-order valence-electron chi connectivity index (χ1n) is 4.33. The molecule has 0 atom stereocenters. The van der Waals surface area contributed by atoms with E-state index in [-0.39, 0.29) is 11.5 Å². The van der Waals surface area contributed by atoms with E-state index < -0.39 is 5.97 Å². The van der Waals surface area contributed by atoms with Gasteiger partial charge in [-0.25, -0.2) is 14.8 Å². The van der Waals surface area contributed by atoms with E-state index in [1.165, 1.54) is 7.11 Å². The molecule has 0 radical (unpaired) electrons. The fraction of sp³-hybridized carbons (Fsp3) is 0.100. The Morgan fingerprint density at radius 1 is 1.27 bits per heavy atom. The van der Waals surface area contributed by atoms with Gasteiger partial charge in [0.1, 0.15) is 0 Å². The van der Waals surface area contributed by atoms with Crippen molar-refractivity contribution in [3.8, 4) is 0 Å². The van der Waals surface area contributed by atoms with Crippen molar-refractivity contribution in [3.05, 3.63) is 30.0 Å². The Hall–Kier alpha value is -2.17. The highest BCUT2D eigenvalue weighted by Gasteiger charge is 2.13. The zero-order valence-electron chi connectivity index (χ0n) is 8.10. The van der Waals surface area contributed by atoms with Gasteiger partial charge in [0.05, 0.1) is 18.1 Å². The van der Waals surface area contributed by atoms with Crippen LogP contribution in [0.25, 0.3) is 11.0 Å². The van der Waals surface area contributed by atoms with E-state index in [1.807, 2.05) is 12.1 Å². The van der Waals surface area contributed by atoms with Gasteiger partial charge in [0.15, 0.2) is 11.5 Å². The molecule has 0 unspecified atom stereocenters. The van der Waals surface area contributed by atoms with Crippen molar-refractivity contribution in [3.63, 3.8) is 0 Å². The average Bonchev–Trinajstić information content (AvgIpc) is 2.27. The van der Waals surface area contributed by atoms with Gasteiger partial charge in [-0.15, -0.1) is 0 Å². The molecule has 2 N–H and O–H groups in total. The van der Waals surface area contributed by atoms with Crippen molar-refractivity contribution in [2.45, 2.75) is 0 Å². The third-order valence-electron chi connectivity index (χ3n) is 1.98. The molecule has 2 rings (SSSR count). The van der Waals surface area contributed by atoms with E-state index in [1.54, 1.807) is 12.1 Å². The summed E-state index contributed by atoms with van der Waals surface area (Å²) in [6, 6.07) is 7.18. The molecule has 0 bridgehead atoms. The van der Waals surface area contributed by atoms with E-state index in [9.17, 15) is 4.79 Å². The van der Waals surface area contributed by atoms with Gasteiger partial charge in [-0.1, -0.05) is 12.1 Å². The summed E-state index contributed by atoms with van der Waals surface area (Å²) in [6.07, 6.45) is 0. The van der Waals surface area contributed by atoms with E-state index in [0.717, 1.165) is 0 Å². The van der Waals surface area contributed by atoms with E-state index in [2.05, 4.69) is 14.7 Å². The molecule has 2 aromatic rings. The first-order chi connectivity index (χ1) is 7.22. The monoisotopic (exact) mass is 203 g/mol. The number of fused-ring (bicyclic) bond motifs is 1. The number of ether oxygens (including phenoxy) is 1. The Balaban J connectivity index is 2.67. The van der Waals surface area contributed by atoms with Crippen molar-refractivity contribution in [2.75, 3.05) is 12.8 Å². The molecule has 1 aromatic carbocycles. The van der Waals surface area contributed by atoms with Crippen LogP contribution in [0.5, 0.6) is 0 Å². The van der Waals surface area contributed by atoms with Gasteiger partial charge in [-0.2, -0.15) is 0 Å². The fourth-order valence-electron chi connectivity index (χ4n) is 1.26. The maximum Gasteiger partial charge on any atom is 0.360 e. The predicted molar refractivity (Wildman–Crippen MR) is 55.3 cm³/mol. The largest absolute Gasteiger partial charge is 0.464 e. The minimum absolute atomic E-state index is 0.0520. The molecule has 0 aliphatic rings. The normalized spacial score (nSPS) is 10.2. The lowest BCUT2D eigenvalue weighted by atomic mass is 10.3. The van der Waals surface area contributed by atoms with Crippen LogP contribution in [-0.2, 0) is 4.74 Å². The molecule has 0 aliphatic heterocycles. The summed E-state index contributed by atoms with van der Waals surface area (Å²) in [4.78, 5) is 19.4. The third kappa shape index (κ3) is 1.59. The second kappa shape index (κ2) is 3.53. The van der Waals surface area contributed by atoms with Crippen LogP contribution >= 0.6 is 0 Å². The molecule has 0 spiro atoms. The van der Waals surface area contributed by atoms with Crippen molar-refractivity contribution >= 4 is 22.8 Å². The average molecular weight is 203 g/mol. The quantitative estimate of drug-likeness (QED) is 0.699. The highest BCUT2D eigenvalue weighted by atomic mass is 16.5. The number of hydrogen-bond acceptors (Lipinski definition) is 5. The van der Waals surface area contributed by atoms with Gasteiger partial charge in [0.2, 0.25) is 0 Å². The molecular weight excluding hydrogens is 194 g/mol. The molecule has 0 saturated carbocycles. The summed E-state index contributed by atoms with van der Waals surface area (Å²) in [7, 11) is 1.28. The lowest BCUT2D eigenvalue weighted by Crippen LogP contribution is -2.10. The van der Waals surface area contributed by atoms with Crippen LogP contribution in [0.1, 0.15) is 10.5 Å². The summed E-state index contributed by atoms with van der Waals surface area (Å²) in [5, 5.41) is 0. The van der Waals surface area contributed by atoms with Gasteiger partial charge in [0.25, 0.3) is 0 Å². The number of anilines is 1. The van der Waals surface area contributed by atoms with Crippen molar-refractivity contribution < 1.29 is 9.53 Å². The second-order valence-corrected chi connectivity index (χ2v) is 2.94. The number of carbonyl (C=O) groups is 1. The molecule has 5 nitrogen and oxygen atoms in total. The van der Waals surface area contributed by atoms with Crippen LogP contribution in [0.3, 0.4) is 0 Å². The van der Waals surface area contributed by atoms with Crippen LogP contribution in [-0.4, -0.2) is 23.0 Å². The third-order valence-corrected chi connectivity index (χ3v) is 1.98. The zero-order chi connectivity index (χ0) is 10.8. The maximum absolute atomic E-state index is 11.3. The number of rotatable bonds is 1. The summed E-state index contributed by atoms with van der Waals surface area (Å²) < 4.78 is 4.54. The first-order valence-corrected chi connectivity index (χ1v) is 4.33. The second-order valence-electron chi connectivity index (χ2n) is 2.94. The molecule has 15 heavy (non-hydrogen) atoms. The number of benzene rings is 1. The highest BCUT2D eigenvalue weighted by molar-refractivity contribution is 5.94. The minimum atomic E-state index is -0.578. The number of carbonyl (C=O) groups excluding carboxylic acids is 1. The number of hydrogen-bond donors (Lipinski definition) is 1. The molecule has 0 saturated heterocycles. The number of esters is 1. The number of para-hydroxylation sites is 2. The van der Waals surface area contributed by atoms with Gasteiger partial charge in [-0.05, 0) is 12.1 Å². The van der Waals surface area contributed by atoms with Gasteiger partial charge < -0.3 is 10.5 Å². The highest BCUT2D eigenvalue weighted by Crippen LogP contribution is 2.14. The molecule has 5 heteroatoms. The van der Waals surface area contributed by atoms with Gasteiger partial charge in [-0.3, -0.25) is 0 Å². The van der Waals surface area contributed by atoms with Crippen LogP contribution in [0, 0.1) is 0 Å². The lowest BCUT2D eigenvalue weighted by molar-refractivity contribution is 0.0595. The number of aromatic nitrogens is 2. The molecule has 0 fully saturated rings. The standard InChI is InChI=1S/C10H9N3O2/c1-15-10(14)8-9(11)13-7-5-3-2-4-6(7)12-8/h2-5H,1H3,(H2,11,13). The SMILES string of the molecule is COC(=O)c1nc2ccccc2nc1N. The zero-order valence-corrected chi connectivity index (χ0v) is 8.10. The van der Waals surface area contributed by atoms with Crippen molar-refractivity contribution in [1.82, 2.24) is 9.97 Å². The smallest absolute Gasteiger partial charge is 0.360 e. The first kappa shape index (κ1) is 9.39.